The van der Waals surface area contributed by atoms with Crippen molar-refractivity contribution < 1.29 is 18.0 Å². The zero-order valence-corrected chi connectivity index (χ0v) is 9.95. The van der Waals surface area contributed by atoms with Gasteiger partial charge >= 0.3 is 6.18 Å². The van der Waals surface area contributed by atoms with Gasteiger partial charge in [-0.15, -0.1) is 0 Å². The third kappa shape index (κ3) is 3.10. The van der Waals surface area contributed by atoms with Gasteiger partial charge in [-0.2, -0.15) is 18.4 Å². The van der Waals surface area contributed by atoms with Gasteiger partial charge in [0, 0.05) is 5.92 Å². The van der Waals surface area contributed by atoms with E-state index in [-0.39, 0.29) is 11.3 Å². The zero-order valence-electron chi connectivity index (χ0n) is 9.95. The minimum absolute atomic E-state index is 0.0889. The highest BCUT2D eigenvalue weighted by Gasteiger charge is 2.32. The molecule has 0 aliphatic rings. The van der Waals surface area contributed by atoms with Crippen LogP contribution in [0.1, 0.15) is 30.9 Å². The van der Waals surface area contributed by atoms with E-state index in [0.29, 0.717) is 0 Å². The number of hydrogen-bond donors (Lipinski definition) is 0. The summed E-state index contributed by atoms with van der Waals surface area (Å²) in [5.41, 5.74) is -0.761. The van der Waals surface area contributed by atoms with Gasteiger partial charge in [0.15, 0.2) is 5.78 Å². The summed E-state index contributed by atoms with van der Waals surface area (Å²) in [6, 6.07) is 6.10. The monoisotopic (exact) mass is 255 g/mol. The van der Waals surface area contributed by atoms with Gasteiger partial charge in [0.05, 0.1) is 11.6 Å². The minimum atomic E-state index is -4.48. The first kappa shape index (κ1) is 14.2. The third-order valence-electron chi connectivity index (χ3n) is 2.53. The second-order valence-corrected chi connectivity index (χ2v) is 4.24. The number of benzene rings is 1. The van der Waals surface area contributed by atoms with E-state index < -0.39 is 23.6 Å². The number of hydrogen-bond acceptors (Lipinski definition) is 2. The van der Waals surface area contributed by atoms with Crippen LogP contribution in [-0.2, 0) is 11.0 Å². The molecule has 0 radical (unpaired) electrons. The SMILES string of the molecule is CC(C)C(=O)[C@H](C#N)c1cccc(C(F)(F)F)c1. The number of nitriles is 1. The molecule has 0 fully saturated rings. The van der Waals surface area contributed by atoms with Crippen LogP contribution in [0.4, 0.5) is 13.2 Å². The van der Waals surface area contributed by atoms with Gasteiger partial charge in [-0.25, -0.2) is 0 Å². The molecule has 2 nitrogen and oxygen atoms in total. The van der Waals surface area contributed by atoms with Crippen molar-refractivity contribution in [1.29, 1.82) is 5.26 Å². The van der Waals surface area contributed by atoms with Crippen molar-refractivity contribution in [3.8, 4) is 6.07 Å². The molecule has 0 saturated heterocycles. The summed E-state index contributed by atoms with van der Waals surface area (Å²) in [7, 11) is 0. The fourth-order valence-corrected chi connectivity index (χ4v) is 1.53. The van der Waals surface area contributed by atoms with Gasteiger partial charge < -0.3 is 0 Å². The van der Waals surface area contributed by atoms with E-state index in [0.717, 1.165) is 12.1 Å². The number of rotatable bonds is 3. The summed E-state index contributed by atoms with van der Waals surface area (Å²) >= 11 is 0. The summed E-state index contributed by atoms with van der Waals surface area (Å²) in [4.78, 5) is 11.7. The first-order valence-electron chi connectivity index (χ1n) is 5.38. The average molecular weight is 255 g/mol. The lowest BCUT2D eigenvalue weighted by Gasteiger charge is -2.13. The molecule has 0 heterocycles. The van der Waals surface area contributed by atoms with Crippen LogP contribution in [-0.4, -0.2) is 5.78 Å². The van der Waals surface area contributed by atoms with Gasteiger partial charge in [-0.05, 0) is 11.6 Å². The fourth-order valence-electron chi connectivity index (χ4n) is 1.53. The van der Waals surface area contributed by atoms with E-state index in [9.17, 15) is 18.0 Å². The summed E-state index contributed by atoms with van der Waals surface area (Å²) in [6.45, 7) is 3.22. The second-order valence-electron chi connectivity index (χ2n) is 4.24. The van der Waals surface area contributed by atoms with Gasteiger partial charge in [-0.1, -0.05) is 32.0 Å². The Kier molecular flexibility index (Phi) is 4.12. The van der Waals surface area contributed by atoms with Crippen molar-refractivity contribution in [3.05, 3.63) is 35.4 Å². The van der Waals surface area contributed by atoms with Crippen LogP contribution in [0.15, 0.2) is 24.3 Å². The first-order chi connectivity index (χ1) is 8.27. The zero-order chi connectivity index (χ0) is 13.9. The Morgan fingerprint density at radius 2 is 1.94 bits per heavy atom. The molecule has 0 unspecified atom stereocenters. The molecule has 96 valence electrons. The molecule has 0 aliphatic carbocycles. The maximum Gasteiger partial charge on any atom is 0.416 e. The Morgan fingerprint density at radius 3 is 2.39 bits per heavy atom. The topological polar surface area (TPSA) is 40.9 Å². The number of halogens is 3. The molecule has 1 aromatic rings. The highest BCUT2D eigenvalue weighted by Crippen LogP contribution is 2.31. The fraction of sp³-hybridized carbons (Fsp3) is 0.385. The maximum absolute atomic E-state index is 12.5. The largest absolute Gasteiger partial charge is 0.416 e. The summed E-state index contributed by atoms with van der Waals surface area (Å²) in [5.74, 6) is -1.92. The van der Waals surface area contributed by atoms with E-state index in [4.69, 9.17) is 5.26 Å². The standard InChI is InChI=1S/C13H12F3NO/c1-8(2)12(18)11(7-17)9-4-3-5-10(6-9)13(14,15)16/h3-6,8,11H,1-2H3/t11-/m1/s1. The second kappa shape index (κ2) is 5.21. The number of ketones is 1. The van der Waals surface area contributed by atoms with Crippen molar-refractivity contribution in [2.75, 3.05) is 0 Å². The van der Waals surface area contributed by atoms with E-state index in [1.54, 1.807) is 19.9 Å². The molecule has 0 amide bonds. The van der Waals surface area contributed by atoms with Crippen LogP contribution in [0.25, 0.3) is 0 Å². The van der Waals surface area contributed by atoms with Gasteiger partial charge in [0.1, 0.15) is 5.92 Å². The molecule has 1 aromatic carbocycles. The van der Waals surface area contributed by atoms with Crippen molar-refractivity contribution in [1.82, 2.24) is 0 Å². The van der Waals surface area contributed by atoms with Crippen LogP contribution in [0.2, 0.25) is 0 Å². The Bertz CT molecular complexity index is 486. The smallest absolute Gasteiger partial charge is 0.298 e. The molecule has 1 rings (SSSR count). The van der Waals surface area contributed by atoms with Crippen LogP contribution < -0.4 is 0 Å². The first-order valence-corrected chi connectivity index (χ1v) is 5.38. The molecule has 18 heavy (non-hydrogen) atoms. The highest BCUT2D eigenvalue weighted by molar-refractivity contribution is 5.89. The summed E-state index contributed by atoms with van der Waals surface area (Å²) in [6.07, 6.45) is -4.48. The molecule has 0 aromatic heterocycles. The molecule has 0 bridgehead atoms. The van der Waals surface area contributed by atoms with Crippen LogP contribution in [0.3, 0.4) is 0 Å². The molecular formula is C13H12F3NO. The van der Waals surface area contributed by atoms with Crippen molar-refractivity contribution in [2.45, 2.75) is 25.9 Å². The number of alkyl halides is 3. The number of carbonyl (C=O) groups is 1. The molecule has 0 aliphatic heterocycles. The Morgan fingerprint density at radius 1 is 1.33 bits per heavy atom. The predicted octanol–water partition coefficient (Wildman–Crippen LogP) is 3.54. The highest BCUT2D eigenvalue weighted by atomic mass is 19.4. The van der Waals surface area contributed by atoms with Crippen LogP contribution >= 0.6 is 0 Å². The average Bonchev–Trinajstić information content (AvgIpc) is 2.29. The Labute approximate surface area is 103 Å². The lowest BCUT2D eigenvalue weighted by Crippen LogP contribution is -2.17. The van der Waals surface area contributed by atoms with Gasteiger partial charge in [0.25, 0.3) is 0 Å². The molecule has 0 N–H and O–H groups in total. The van der Waals surface area contributed by atoms with E-state index in [1.165, 1.54) is 12.1 Å². The number of carbonyl (C=O) groups excluding carboxylic acids is 1. The maximum atomic E-state index is 12.5. The molecular weight excluding hydrogens is 243 g/mol. The van der Waals surface area contributed by atoms with Crippen molar-refractivity contribution >= 4 is 5.78 Å². The van der Waals surface area contributed by atoms with Crippen LogP contribution in [0.5, 0.6) is 0 Å². The molecule has 5 heteroatoms. The minimum Gasteiger partial charge on any atom is -0.298 e. The predicted molar refractivity (Wildman–Crippen MR) is 59.6 cm³/mol. The molecule has 0 spiro atoms. The molecule has 1 atom stereocenters. The lowest BCUT2D eigenvalue weighted by atomic mass is 9.89. The lowest BCUT2D eigenvalue weighted by molar-refractivity contribution is -0.137. The van der Waals surface area contributed by atoms with E-state index in [2.05, 4.69) is 0 Å². The van der Waals surface area contributed by atoms with Gasteiger partial charge in [-0.3, -0.25) is 4.79 Å². The van der Waals surface area contributed by atoms with Gasteiger partial charge in [0.2, 0.25) is 0 Å². The van der Waals surface area contributed by atoms with Crippen LogP contribution in [0, 0.1) is 17.2 Å². The Hall–Kier alpha value is -1.83. The van der Waals surface area contributed by atoms with Crippen molar-refractivity contribution in [2.24, 2.45) is 5.92 Å². The quantitative estimate of drug-likeness (QED) is 0.828. The normalized spacial score (nSPS) is 13.2. The number of Topliss-reactive ketones (excluding diaryl/α,β-unsaturated/α-hetero) is 1. The Balaban J connectivity index is 3.17. The van der Waals surface area contributed by atoms with E-state index in [1.807, 2.05) is 0 Å². The third-order valence-corrected chi connectivity index (χ3v) is 2.53. The summed E-state index contributed by atoms with van der Waals surface area (Å²) in [5, 5.41) is 8.94. The summed E-state index contributed by atoms with van der Waals surface area (Å²) < 4.78 is 37.6. The number of nitrogens with zero attached hydrogens (tertiary/aromatic N) is 1. The van der Waals surface area contributed by atoms with Crippen molar-refractivity contribution in [3.63, 3.8) is 0 Å². The molecule has 0 saturated carbocycles. The van der Waals surface area contributed by atoms with E-state index >= 15 is 0 Å².